The number of imidazole rings is 1. The molecule has 1 aromatic carbocycles. The summed E-state index contributed by atoms with van der Waals surface area (Å²) in [5, 5.41) is 4.73. The molecule has 152 valence electrons. The highest BCUT2D eigenvalue weighted by atomic mass is 16.2. The van der Waals surface area contributed by atoms with E-state index in [0.717, 1.165) is 34.8 Å². The summed E-state index contributed by atoms with van der Waals surface area (Å²) in [6.07, 6.45) is 7.32. The number of pyridine rings is 1. The molecule has 0 saturated carbocycles. The summed E-state index contributed by atoms with van der Waals surface area (Å²) in [5.74, 6) is -0.0576. The zero-order valence-corrected chi connectivity index (χ0v) is 17.4. The van der Waals surface area contributed by atoms with Crippen LogP contribution in [0.3, 0.4) is 0 Å². The molecule has 0 bridgehead atoms. The maximum Gasteiger partial charge on any atom is 0.254 e. The van der Waals surface area contributed by atoms with Crippen LogP contribution in [0.2, 0.25) is 0 Å². The number of benzene rings is 1. The van der Waals surface area contributed by atoms with Gasteiger partial charge in [0.05, 0.1) is 41.7 Å². The highest BCUT2D eigenvalue weighted by Gasteiger charge is 2.10. The standard InChI is InChI=1S/C23H24N6O/c1-4-28-16-24-14-20(28)15-29-11-10-22(26-29)18-7-5-6-17(12-18)21-9-8-19(13-25-21)23(30)27(2)3/h5-14,16H,4,15H2,1-3H3. The van der Waals surface area contributed by atoms with Crippen LogP contribution < -0.4 is 0 Å². The summed E-state index contributed by atoms with van der Waals surface area (Å²) >= 11 is 0. The second-order valence-corrected chi connectivity index (χ2v) is 7.28. The quantitative estimate of drug-likeness (QED) is 0.496. The van der Waals surface area contributed by atoms with Crippen molar-refractivity contribution in [3.05, 3.63) is 78.6 Å². The van der Waals surface area contributed by atoms with Crippen molar-refractivity contribution >= 4 is 5.91 Å². The van der Waals surface area contributed by atoms with Gasteiger partial charge in [-0.25, -0.2) is 4.98 Å². The van der Waals surface area contributed by atoms with Gasteiger partial charge in [0.25, 0.3) is 5.91 Å². The number of rotatable bonds is 6. The second kappa shape index (κ2) is 8.32. The van der Waals surface area contributed by atoms with Crippen LogP contribution in [-0.2, 0) is 13.1 Å². The van der Waals surface area contributed by atoms with Gasteiger partial charge in [-0.05, 0) is 31.2 Å². The van der Waals surface area contributed by atoms with Crippen LogP contribution >= 0.6 is 0 Å². The van der Waals surface area contributed by atoms with Gasteiger partial charge in [0.2, 0.25) is 0 Å². The van der Waals surface area contributed by atoms with Crippen molar-refractivity contribution in [1.82, 2.24) is 29.2 Å². The van der Waals surface area contributed by atoms with E-state index in [1.54, 1.807) is 25.2 Å². The van der Waals surface area contributed by atoms with E-state index in [9.17, 15) is 4.79 Å². The Morgan fingerprint density at radius 2 is 1.83 bits per heavy atom. The van der Waals surface area contributed by atoms with Gasteiger partial charge >= 0.3 is 0 Å². The average Bonchev–Trinajstić information content (AvgIpc) is 3.43. The van der Waals surface area contributed by atoms with Crippen molar-refractivity contribution in [2.24, 2.45) is 0 Å². The summed E-state index contributed by atoms with van der Waals surface area (Å²) in [5.41, 5.74) is 5.42. The minimum atomic E-state index is -0.0576. The van der Waals surface area contributed by atoms with Crippen molar-refractivity contribution < 1.29 is 4.79 Å². The van der Waals surface area contributed by atoms with E-state index in [2.05, 4.69) is 27.5 Å². The molecule has 0 N–H and O–H groups in total. The predicted octanol–water partition coefficient (Wildman–Crippen LogP) is 3.58. The third-order valence-corrected chi connectivity index (χ3v) is 4.97. The number of carbonyl (C=O) groups excluding carboxylic acids is 1. The Hall–Kier alpha value is -3.74. The highest BCUT2D eigenvalue weighted by Crippen LogP contribution is 2.24. The van der Waals surface area contributed by atoms with E-state index in [4.69, 9.17) is 5.10 Å². The minimum Gasteiger partial charge on any atom is -0.345 e. The van der Waals surface area contributed by atoms with E-state index < -0.39 is 0 Å². The molecule has 30 heavy (non-hydrogen) atoms. The molecule has 0 unspecified atom stereocenters. The largest absolute Gasteiger partial charge is 0.345 e. The van der Waals surface area contributed by atoms with Crippen LogP contribution in [-0.4, -0.2) is 49.2 Å². The zero-order chi connectivity index (χ0) is 21.1. The monoisotopic (exact) mass is 400 g/mol. The molecule has 7 nitrogen and oxygen atoms in total. The molecule has 7 heteroatoms. The number of carbonyl (C=O) groups is 1. The van der Waals surface area contributed by atoms with Gasteiger partial charge in [-0.15, -0.1) is 0 Å². The van der Waals surface area contributed by atoms with Gasteiger partial charge in [-0.1, -0.05) is 18.2 Å². The molecule has 1 amide bonds. The molecule has 3 aromatic heterocycles. The lowest BCUT2D eigenvalue weighted by molar-refractivity contribution is 0.0827. The first-order valence-corrected chi connectivity index (χ1v) is 9.86. The van der Waals surface area contributed by atoms with Crippen molar-refractivity contribution in [1.29, 1.82) is 0 Å². The Morgan fingerprint density at radius 1 is 1.03 bits per heavy atom. The topological polar surface area (TPSA) is 68.8 Å². The second-order valence-electron chi connectivity index (χ2n) is 7.28. The Labute approximate surface area is 175 Å². The Morgan fingerprint density at radius 3 is 2.53 bits per heavy atom. The first-order chi connectivity index (χ1) is 14.5. The van der Waals surface area contributed by atoms with E-state index in [1.165, 1.54) is 0 Å². The van der Waals surface area contributed by atoms with E-state index >= 15 is 0 Å². The van der Waals surface area contributed by atoms with Crippen molar-refractivity contribution in [3.63, 3.8) is 0 Å². The first-order valence-electron chi connectivity index (χ1n) is 9.86. The van der Waals surface area contributed by atoms with Crippen molar-refractivity contribution in [2.45, 2.75) is 20.0 Å². The molecule has 0 aliphatic rings. The molecular weight excluding hydrogens is 376 g/mol. The third kappa shape index (κ3) is 4.00. The fraction of sp³-hybridized carbons (Fsp3) is 0.217. The number of aromatic nitrogens is 5. The number of hydrogen-bond acceptors (Lipinski definition) is 4. The van der Waals surface area contributed by atoms with Crippen molar-refractivity contribution in [2.75, 3.05) is 14.1 Å². The first kappa shape index (κ1) is 19.6. The third-order valence-electron chi connectivity index (χ3n) is 4.97. The Kier molecular flexibility index (Phi) is 5.43. The normalized spacial score (nSPS) is 10.9. The number of aryl methyl sites for hydroxylation is 1. The van der Waals surface area contributed by atoms with Gasteiger partial charge in [0, 0.05) is 44.2 Å². The van der Waals surface area contributed by atoms with Crippen LogP contribution in [0.5, 0.6) is 0 Å². The van der Waals surface area contributed by atoms with E-state index in [1.807, 2.05) is 59.8 Å². The number of nitrogens with zero attached hydrogens (tertiary/aromatic N) is 6. The van der Waals surface area contributed by atoms with E-state index in [-0.39, 0.29) is 5.91 Å². The molecule has 0 saturated heterocycles. The van der Waals surface area contributed by atoms with Gasteiger partial charge in [0.1, 0.15) is 0 Å². The fourth-order valence-electron chi connectivity index (χ4n) is 3.32. The number of hydrogen-bond donors (Lipinski definition) is 0. The van der Waals surface area contributed by atoms with Gasteiger partial charge in [-0.3, -0.25) is 14.5 Å². The Bertz CT molecular complexity index is 1160. The van der Waals surface area contributed by atoms with Crippen LogP contribution in [0.4, 0.5) is 0 Å². The lowest BCUT2D eigenvalue weighted by Crippen LogP contribution is -2.21. The molecule has 0 spiro atoms. The summed E-state index contributed by atoms with van der Waals surface area (Å²) in [4.78, 5) is 22.3. The molecule has 4 aromatic rings. The lowest BCUT2D eigenvalue weighted by Gasteiger charge is -2.10. The molecule has 0 fully saturated rings. The summed E-state index contributed by atoms with van der Waals surface area (Å²) in [7, 11) is 3.46. The molecule has 0 aliphatic heterocycles. The zero-order valence-electron chi connectivity index (χ0n) is 17.4. The highest BCUT2D eigenvalue weighted by molar-refractivity contribution is 5.93. The number of amides is 1. The SMILES string of the molecule is CCn1cncc1Cn1ccc(-c2cccc(-c3ccc(C(=O)N(C)C)cn3)c2)n1. The smallest absolute Gasteiger partial charge is 0.254 e. The van der Waals surface area contributed by atoms with Gasteiger partial charge < -0.3 is 9.47 Å². The van der Waals surface area contributed by atoms with Crippen LogP contribution in [0.1, 0.15) is 23.0 Å². The fourth-order valence-corrected chi connectivity index (χ4v) is 3.32. The summed E-state index contributed by atoms with van der Waals surface area (Å²) in [6, 6.07) is 13.8. The summed E-state index contributed by atoms with van der Waals surface area (Å²) in [6.45, 7) is 3.66. The maximum atomic E-state index is 12.1. The Balaban J connectivity index is 1.55. The van der Waals surface area contributed by atoms with Crippen molar-refractivity contribution in [3.8, 4) is 22.5 Å². The molecule has 0 aliphatic carbocycles. The van der Waals surface area contributed by atoms with Crippen LogP contribution in [0, 0.1) is 0 Å². The maximum absolute atomic E-state index is 12.1. The average molecular weight is 400 g/mol. The molecule has 0 radical (unpaired) electrons. The molecule has 3 heterocycles. The summed E-state index contributed by atoms with van der Waals surface area (Å²) < 4.78 is 4.03. The van der Waals surface area contributed by atoms with E-state index in [0.29, 0.717) is 12.1 Å². The molecule has 0 atom stereocenters. The van der Waals surface area contributed by atoms with Gasteiger partial charge in [0.15, 0.2) is 0 Å². The van der Waals surface area contributed by atoms with Crippen LogP contribution in [0.15, 0.2) is 67.4 Å². The lowest BCUT2D eigenvalue weighted by atomic mass is 10.1. The minimum absolute atomic E-state index is 0.0576. The predicted molar refractivity (Wildman–Crippen MR) is 116 cm³/mol. The molecule has 4 rings (SSSR count). The molecular formula is C23H24N6O. The van der Waals surface area contributed by atoms with Gasteiger partial charge in [-0.2, -0.15) is 5.10 Å². The van der Waals surface area contributed by atoms with Crippen LogP contribution in [0.25, 0.3) is 22.5 Å².